The lowest BCUT2D eigenvalue weighted by Crippen LogP contribution is -2.02. The van der Waals surface area contributed by atoms with E-state index in [0.717, 1.165) is 30.4 Å². The molecule has 0 fully saturated rings. The van der Waals surface area contributed by atoms with E-state index in [1.807, 2.05) is 25.1 Å². The molecule has 0 bridgehead atoms. The number of hydrogen-bond donors (Lipinski definition) is 1. The quantitative estimate of drug-likeness (QED) is 0.510. The van der Waals surface area contributed by atoms with E-state index in [-0.39, 0.29) is 0 Å². The third kappa shape index (κ3) is 4.58. The van der Waals surface area contributed by atoms with Gasteiger partial charge in [0, 0.05) is 17.2 Å². The van der Waals surface area contributed by atoms with E-state index < -0.39 is 0 Å². The summed E-state index contributed by atoms with van der Waals surface area (Å²) >= 11 is 16.5. The van der Waals surface area contributed by atoms with Gasteiger partial charge in [0.25, 0.3) is 0 Å². The molecule has 0 aliphatic heterocycles. The summed E-state index contributed by atoms with van der Waals surface area (Å²) in [6.45, 7) is 3.20. The van der Waals surface area contributed by atoms with Gasteiger partial charge in [-0.3, -0.25) is 0 Å². The highest BCUT2D eigenvalue weighted by molar-refractivity contribution is 9.11. The van der Waals surface area contributed by atoms with Gasteiger partial charge in [-0.25, -0.2) is 4.98 Å². The highest BCUT2D eigenvalue weighted by Crippen LogP contribution is 2.35. The fraction of sp³-hybridized carbons (Fsp3) is 0.214. The van der Waals surface area contributed by atoms with E-state index in [4.69, 9.17) is 16.3 Å². The number of halogens is 4. The van der Waals surface area contributed by atoms with E-state index in [1.54, 1.807) is 6.20 Å². The van der Waals surface area contributed by atoms with E-state index in [1.165, 1.54) is 0 Å². The summed E-state index contributed by atoms with van der Waals surface area (Å²) in [6, 6.07) is 5.93. The molecule has 0 unspecified atom stereocenters. The Morgan fingerprint density at radius 1 is 1.19 bits per heavy atom. The van der Waals surface area contributed by atoms with Gasteiger partial charge in [0.1, 0.15) is 5.75 Å². The molecule has 0 aliphatic carbocycles. The van der Waals surface area contributed by atoms with Crippen molar-refractivity contribution in [2.24, 2.45) is 0 Å². The molecule has 1 aromatic heterocycles. The normalized spacial score (nSPS) is 10.5. The number of anilines is 1. The molecular formula is C14H12Br3ClN2O. The molecule has 0 aliphatic rings. The van der Waals surface area contributed by atoms with Crippen molar-refractivity contribution in [3.8, 4) is 5.75 Å². The second-order valence-corrected chi connectivity index (χ2v) is 7.15. The topological polar surface area (TPSA) is 34.1 Å². The van der Waals surface area contributed by atoms with Gasteiger partial charge in [-0.2, -0.15) is 0 Å². The zero-order valence-electron chi connectivity index (χ0n) is 11.1. The van der Waals surface area contributed by atoms with Crippen LogP contribution in [0.1, 0.15) is 12.5 Å². The zero-order valence-corrected chi connectivity index (χ0v) is 16.6. The van der Waals surface area contributed by atoms with Crippen LogP contribution in [-0.4, -0.2) is 11.6 Å². The Morgan fingerprint density at radius 3 is 2.48 bits per heavy atom. The van der Waals surface area contributed by atoms with Crippen LogP contribution in [-0.2, 0) is 6.54 Å². The van der Waals surface area contributed by atoms with Crippen molar-refractivity contribution in [3.63, 3.8) is 0 Å². The minimum atomic E-state index is 0.447. The third-order valence-electron chi connectivity index (χ3n) is 2.64. The number of rotatable bonds is 5. The van der Waals surface area contributed by atoms with E-state index in [0.29, 0.717) is 18.3 Å². The molecular weight excluding hydrogens is 487 g/mol. The molecule has 1 heterocycles. The van der Waals surface area contributed by atoms with Crippen molar-refractivity contribution in [3.05, 3.63) is 48.5 Å². The average molecular weight is 499 g/mol. The number of nitrogens with zero attached hydrogens (tertiary/aromatic N) is 1. The maximum absolute atomic E-state index is 6.06. The van der Waals surface area contributed by atoms with Crippen molar-refractivity contribution in [1.29, 1.82) is 0 Å². The van der Waals surface area contributed by atoms with Crippen LogP contribution >= 0.6 is 59.4 Å². The second-order valence-electron chi connectivity index (χ2n) is 4.17. The Bertz CT molecular complexity index is 629. The molecule has 0 atom stereocenters. The summed E-state index contributed by atoms with van der Waals surface area (Å²) in [5, 5.41) is 3.72. The van der Waals surface area contributed by atoms with Crippen LogP contribution in [0, 0.1) is 0 Å². The van der Waals surface area contributed by atoms with Gasteiger partial charge < -0.3 is 10.1 Å². The molecule has 1 aromatic carbocycles. The maximum atomic E-state index is 6.06. The van der Waals surface area contributed by atoms with Gasteiger partial charge in [-0.15, -0.1) is 0 Å². The van der Waals surface area contributed by atoms with Crippen LogP contribution in [0.4, 0.5) is 5.69 Å². The number of aromatic nitrogens is 1. The predicted octanol–water partition coefficient (Wildman–Crippen LogP) is 6.03. The van der Waals surface area contributed by atoms with Gasteiger partial charge in [-0.05, 0) is 78.5 Å². The summed E-state index contributed by atoms with van der Waals surface area (Å²) < 4.78 is 8.27. The van der Waals surface area contributed by atoms with Crippen LogP contribution in [0.2, 0.25) is 5.15 Å². The zero-order chi connectivity index (χ0) is 15.4. The fourth-order valence-electron chi connectivity index (χ4n) is 1.74. The third-order valence-corrected chi connectivity index (χ3v) is 4.55. The summed E-state index contributed by atoms with van der Waals surface area (Å²) in [5.41, 5.74) is 1.88. The number of nitrogens with one attached hydrogen (secondary N) is 1. The second kappa shape index (κ2) is 7.81. The Morgan fingerprint density at radius 2 is 1.86 bits per heavy atom. The summed E-state index contributed by atoms with van der Waals surface area (Å²) in [5.74, 6) is 0.809. The highest BCUT2D eigenvalue weighted by Gasteiger charge is 2.09. The first-order valence-electron chi connectivity index (χ1n) is 6.17. The first-order valence-corrected chi connectivity index (χ1v) is 8.92. The molecule has 21 heavy (non-hydrogen) atoms. The van der Waals surface area contributed by atoms with Crippen LogP contribution in [0.3, 0.4) is 0 Å². The molecule has 0 amide bonds. The lowest BCUT2D eigenvalue weighted by molar-refractivity contribution is 0.336. The minimum Gasteiger partial charge on any atom is -0.492 e. The fourth-order valence-corrected chi connectivity index (χ4v) is 3.75. The summed E-state index contributed by atoms with van der Waals surface area (Å²) in [4.78, 5) is 4.08. The molecule has 7 heteroatoms. The van der Waals surface area contributed by atoms with Crippen molar-refractivity contribution in [2.75, 3.05) is 11.9 Å². The molecule has 0 saturated carbocycles. The standard InChI is InChI=1S/C14H12Br3ClN2O/c1-2-21-13-10(16)3-8(4-11(13)17)6-19-12-5-9(15)7-20-14(12)18/h3-5,7,19H,2,6H2,1H3. The van der Waals surface area contributed by atoms with E-state index >= 15 is 0 Å². The van der Waals surface area contributed by atoms with Gasteiger partial charge in [0.2, 0.25) is 0 Å². The van der Waals surface area contributed by atoms with Crippen LogP contribution in [0.25, 0.3) is 0 Å². The average Bonchev–Trinajstić information content (AvgIpc) is 2.44. The van der Waals surface area contributed by atoms with Gasteiger partial charge >= 0.3 is 0 Å². The van der Waals surface area contributed by atoms with Crippen LogP contribution in [0.5, 0.6) is 5.75 Å². The Labute approximate surface area is 153 Å². The first kappa shape index (κ1) is 17.1. The van der Waals surface area contributed by atoms with Crippen molar-refractivity contribution in [1.82, 2.24) is 4.98 Å². The van der Waals surface area contributed by atoms with Gasteiger partial charge in [-0.1, -0.05) is 11.6 Å². The molecule has 0 spiro atoms. The molecule has 0 radical (unpaired) electrons. The number of hydrogen-bond acceptors (Lipinski definition) is 3. The van der Waals surface area contributed by atoms with E-state index in [9.17, 15) is 0 Å². The van der Waals surface area contributed by atoms with E-state index in [2.05, 4.69) is 58.1 Å². The number of pyridine rings is 1. The number of ether oxygens (including phenoxy) is 1. The van der Waals surface area contributed by atoms with Crippen molar-refractivity contribution < 1.29 is 4.74 Å². The lowest BCUT2D eigenvalue weighted by atomic mass is 10.2. The predicted molar refractivity (Wildman–Crippen MR) is 97.3 cm³/mol. The first-order chi connectivity index (χ1) is 10.0. The molecule has 1 N–H and O–H groups in total. The monoisotopic (exact) mass is 496 g/mol. The largest absolute Gasteiger partial charge is 0.492 e. The van der Waals surface area contributed by atoms with Crippen LogP contribution < -0.4 is 10.1 Å². The molecule has 2 aromatic rings. The maximum Gasteiger partial charge on any atom is 0.152 e. The van der Waals surface area contributed by atoms with Crippen molar-refractivity contribution in [2.45, 2.75) is 13.5 Å². The molecule has 3 nitrogen and oxygen atoms in total. The SMILES string of the molecule is CCOc1c(Br)cc(CNc2cc(Br)cnc2Cl)cc1Br. The minimum absolute atomic E-state index is 0.447. The van der Waals surface area contributed by atoms with Gasteiger partial charge in [0.05, 0.1) is 21.2 Å². The molecule has 0 saturated heterocycles. The Kier molecular flexibility index (Phi) is 6.34. The lowest BCUT2D eigenvalue weighted by Gasteiger charge is -2.12. The highest BCUT2D eigenvalue weighted by atomic mass is 79.9. The summed E-state index contributed by atoms with van der Waals surface area (Å²) in [7, 11) is 0. The molecule has 112 valence electrons. The molecule has 2 rings (SSSR count). The Hall–Kier alpha value is -0.300. The summed E-state index contributed by atoms with van der Waals surface area (Å²) in [6.07, 6.45) is 1.66. The van der Waals surface area contributed by atoms with Crippen molar-refractivity contribution >= 4 is 65.1 Å². The smallest absolute Gasteiger partial charge is 0.152 e. The number of benzene rings is 1. The Balaban J connectivity index is 2.15. The van der Waals surface area contributed by atoms with Crippen LogP contribution in [0.15, 0.2) is 37.8 Å². The van der Waals surface area contributed by atoms with Gasteiger partial charge in [0.15, 0.2) is 5.15 Å².